The minimum Gasteiger partial charge on any atom is -0.362 e. The highest BCUT2D eigenvalue weighted by Gasteiger charge is 2.11. The fraction of sp³-hybridized carbons (Fsp3) is 0.100. The van der Waals surface area contributed by atoms with Gasteiger partial charge < -0.3 is 4.90 Å². The first-order valence-electron chi connectivity index (χ1n) is 7.40. The Kier molecular flexibility index (Phi) is 4.77. The molecular formula is C20H18ClN. The second-order valence-corrected chi connectivity index (χ2v) is 5.69. The largest absolute Gasteiger partial charge is 0.362 e. The van der Waals surface area contributed by atoms with Gasteiger partial charge in [0.05, 0.1) is 10.7 Å². The van der Waals surface area contributed by atoms with E-state index in [4.69, 9.17) is 11.6 Å². The second kappa shape index (κ2) is 7.15. The number of nitrogens with zero attached hydrogens (tertiary/aromatic N) is 1. The number of halogens is 1. The first kappa shape index (κ1) is 14.7. The third kappa shape index (κ3) is 3.69. The van der Waals surface area contributed by atoms with Gasteiger partial charge in [0.15, 0.2) is 0 Å². The number of para-hydroxylation sites is 1. The number of benzene rings is 3. The fourth-order valence-electron chi connectivity index (χ4n) is 2.54. The molecule has 0 N–H and O–H groups in total. The zero-order valence-electron chi connectivity index (χ0n) is 12.3. The molecular weight excluding hydrogens is 290 g/mol. The Morgan fingerprint density at radius 1 is 0.591 bits per heavy atom. The van der Waals surface area contributed by atoms with Gasteiger partial charge in [-0.3, -0.25) is 0 Å². The highest BCUT2D eigenvalue weighted by atomic mass is 35.5. The molecule has 0 aliphatic heterocycles. The molecule has 0 unspecified atom stereocenters. The molecule has 0 saturated carbocycles. The van der Waals surface area contributed by atoms with Crippen LogP contribution in [0.4, 0.5) is 5.69 Å². The van der Waals surface area contributed by atoms with Gasteiger partial charge in [0, 0.05) is 13.1 Å². The van der Waals surface area contributed by atoms with Gasteiger partial charge in [-0.25, -0.2) is 0 Å². The first-order chi connectivity index (χ1) is 10.8. The van der Waals surface area contributed by atoms with Crippen molar-refractivity contribution < 1.29 is 0 Å². The van der Waals surface area contributed by atoms with E-state index in [0.29, 0.717) is 0 Å². The van der Waals surface area contributed by atoms with Crippen molar-refractivity contribution in [3.8, 4) is 0 Å². The van der Waals surface area contributed by atoms with Crippen LogP contribution in [0.3, 0.4) is 0 Å². The summed E-state index contributed by atoms with van der Waals surface area (Å²) in [7, 11) is 0. The van der Waals surface area contributed by atoms with Crippen molar-refractivity contribution in [1.82, 2.24) is 0 Å². The van der Waals surface area contributed by atoms with Gasteiger partial charge in [0.25, 0.3) is 0 Å². The van der Waals surface area contributed by atoms with Gasteiger partial charge >= 0.3 is 0 Å². The molecule has 0 bridgehead atoms. The molecule has 3 aromatic rings. The van der Waals surface area contributed by atoms with E-state index in [1.165, 1.54) is 11.1 Å². The molecule has 0 fully saturated rings. The lowest BCUT2D eigenvalue weighted by atomic mass is 10.1. The quantitative estimate of drug-likeness (QED) is 0.597. The van der Waals surface area contributed by atoms with Gasteiger partial charge in [-0.05, 0) is 23.3 Å². The molecule has 0 atom stereocenters. The lowest BCUT2D eigenvalue weighted by molar-refractivity contribution is 0.800. The minimum absolute atomic E-state index is 0.786. The lowest BCUT2D eigenvalue weighted by Gasteiger charge is -2.26. The van der Waals surface area contributed by atoms with Crippen LogP contribution >= 0.6 is 11.6 Å². The molecule has 2 heteroatoms. The Morgan fingerprint density at radius 3 is 1.55 bits per heavy atom. The van der Waals surface area contributed by atoms with E-state index in [-0.39, 0.29) is 0 Å². The third-order valence-electron chi connectivity index (χ3n) is 3.63. The van der Waals surface area contributed by atoms with E-state index in [1.54, 1.807) is 0 Å². The lowest BCUT2D eigenvalue weighted by Crippen LogP contribution is -2.22. The molecule has 0 heterocycles. The van der Waals surface area contributed by atoms with E-state index < -0.39 is 0 Å². The van der Waals surface area contributed by atoms with E-state index in [9.17, 15) is 0 Å². The van der Waals surface area contributed by atoms with Crippen molar-refractivity contribution in [3.05, 3.63) is 101 Å². The Balaban J connectivity index is 1.90. The summed E-state index contributed by atoms with van der Waals surface area (Å²) in [4.78, 5) is 2.31. The molecule has 22 heavy (non-hydrogen) atoms. The van der Waals surface area contributed by atoms with Crippen LogP contribution in [0, 0.1) is 0 Å². The molecule has 0 saturated heterocycles. The molecule has 0 spiro atoms. The van der Waals surface area contributed by atoms with E-state index >= 15 is 0 Å². The maximum Gasteiger partial charge on any atom is 0.0639 e. The van der Waals surface area contributed by atoms with Crippen molar-refractivity contribution in [2.75, 3.05) is 4.90 Å². The summed E-state index contributed by atoms with van der Waals surface area (Å²) in [5.74, 6) is 0. The van der Waals surface area contributed by atoms with Gasteiger partial charge in [-0.15, -0.1) is 0 Å². The van der Waals surface area contributed by atoms with Crippen LogP contribution in [0.25, 0.3) is 0 Å². The van der Waals surface area contributed by atoms with E-state index in [2.05, 4.69) is 59.5 Å². The number of hydrogen-bond donors (Lipinski definition) is 0. The van der Waals surface area contributed by atoms with Crippen molar-refractivity contribution in [2.45, 2.75) is 13.1 Å². The normalized spacial score (nSPS) is 10.4. The van der Waals surface area contributed by atoms with Crippen LogP contribution < -0.4 is 4.90 Å². The summed E-state index contributed by atoms with van der Waals surface area (Å²) in [5.41, 5.74) is 3.62. The van der Waals surface area contributed by atoms with Crippen LogP contribution in [0.2, 0.25) is 5.02 Å². The van der Waals surface area contributed by atoms with Gasteiger partial charge in [-0.2, -0.15) is 0 Å². The van der Waals surface area contributed by atoms with Crippen LogP contribution in [0.15, 0.2) is 84.9 Å². The summed E-state index contributed by atoms with van der Waals surface area (Å²) in [6, 6.07) is 29.0. The minimum atomic E-state index is 0.786. The van der Waals surface area contributed by atoms with Gasteiger partial charge in [0.1, 0.15) is 0 Å². The highest BCUT2D eigenvalue weighted by Crippen LogP contribution is 2.28. The Labute approximate surface area is 136 Å². The summed E-state index contributed by atoms with van der Waals surface area (Å²) in [5, 5.41) is 0.786. The fourth-order valence-corrected chi connectivity index (χ4v) is 2.80. The van der Waals surface area contributed by atoms with E-state index in [0.717, 1.165) is 23.8 Å². The Bertz CT molecular complexity index is 669. The average molecular weight is 308 g/mol. The zero-order valence-corrected chi connectivity index (χ0v) is 13.1. The second-order valence-electron chi connectivity index (χ2n) is 5.28. The summed E-state index contributed by atoms with van der Waals surface area (Å²) < 4.78 is 0. The van der Waals surface area contributed by atoms with Gasteiger partial charge in [0.2, 0.25) is 0 Å². The monoisotopic (exact) mass is 307 g/mol. The maximum absolute atomic E-state index is 6.41. The smallest absolute Gasteiger partial charge is 0.0639 e. The summed E-state index contributed by atoms with van der Waals surface area (Å²) in [6.45, 7) is 1.67. The topological polar surface area (TPSA) is 3.24 Å². The van der Waals surface area contributed by atoms with Crippen LogP contribution in [-0.2, 0) is 13.1 Å². The maximum atomic E-state index is 6.41. The van der Waals surface area contributed by atoms with Crippen LogP contribution in [0.5, 0.6) is 0 Å². The molecule has 3 aromatic carbocycles. The van der Waals surface area contributed by atoms with Crippen molar-refractivity contribution in [2.24, 2.45) is 0 Å². The number of rotatable bonds is 5. The third-order valence-corrected chi connectivity index (χ3v) is 3.95. The molecule has 0 aromatic heterocycles. The zero-order chi connectivity index (χ0) is 15.2. The van der Waals surface area contributed by atoms with Crippen LogP contribution in [0.1, 0.15) is 11.1 Å². The SMILES string of the molecule is Clc1ccccc1N(Cc1ccccc1)Cc1ccccc1. The van der Waals surface area contributed by atoms with Crippen molar-refractivity contribution >= 4 is 17.3 Å². The molecule has 110 valence electrons. The van der Waals surface area contributed by atoms with Crippen LogP contribution in [-0.4, -0.2) is 0 Å². The molecule has 0 aliphatic carbocycles. The Morgan fingerprint density at radius 2 is 1.05 bits per heavy atom. The molecule has 0 radical (unpaired) electrons. The standard InChI is InChI=1S/C20H18ClN/c21-19-13-7-8-14-20(19)22(15-17-9-3-1-4-10-17)16-18-11-5-2-6-12-18/h1-14H,15-16H2. The number of anilines is 1. The Hall–Kier alpha value is -2.25. The molecule has 1 nitrogen and oxygen atoms in total. The molecule has 0 amide bonds. The molecule has 0 aliphatic rings. The van der Waals surface area contributed by atoms with Crippen molar-refractivity contribution in [3.63, 3.8) is 0 Å². The van der Waals surface area contributed by atoms with Gasteiger partial charge in [-0.1, -0.05) is 84.4 Å². The highest BCUT2D eigenvalue weighted by molar-refractivity contribution is 6.33. The summed E-state index contributed by atoms with van der Waals surface area (Å²) in [6.07, 6.45) is 0. The average Bonchev–Trinajstić information content (AvgIpc) is 2.57. The van der Waals surface area contributed by atoms with E-state index in [1.807, 2.05) is 30.3 Å². The first-order valence-corrected chi connectivity index (χ1v) is 7.78. The predicted molar refractivity (Wildman–Crippen MR) is 94.2 cm³/mol. The molecule has 3 rings (SSSR count). The van der Waals surface area contributed by atoms with Crippen molar-refractivity contribution in [1.29, 1.82) is 0 Å². The predicted octanol–water partition coefficient (Wildman–Crippen LogP) is 5.55. The number of hydrogen-bond acceptors (Lipinski definition) is 1. The summed E-state index contributed by atoms with van der Waals surface area (Å²) >= 11 is 6.41.